The Morgan fingerprint density at radius 3 is 2.41 bits per heavy atom. The van der Waals surface area contributed by atoms with Crippen LogP contribution in [0.2, 0.25) is 0 Å². The van der Waals surface area contributed by atoms with Crippen molar-refractivity contribution in [2.45, 2.75) is 13.5 Å². The quantitative estimate of drug-likeness (QED) is 0.821. The average molecular weight is 365 g/mol. The number of carbonyl (C=O) groups is 2. The fourth-order valence-electron chi connectivity index (χ4n) is 1.74. The van der Waals surface area contributed by atoms with Crippen molar-refractivity contribution in [2.24, 2.45) is 0 Å². The minimum Gasteiger partial charge on any atom is -0.344 e. The number of halogens is 2. The molecule has 0 atom stereocenters. The van der Waals surface area contributed by atoms with Crippen molar-refractivity contribution in [3.05, 3.63) is 63.9 Å². The van der Waals surface area contributed by atoms with Crippen LogP contribution in [0.5, 0.6) is 0 Å². The zero-order chi connectivity index (χ0) is 16.1. The molecule has 0 fully saturated rings. The van der Waals surface area contributed by atoms with Gasteiger partial charge in [0.1, 0.15) is 5.82 Å². The first kappa shape index (κ1) is 16.2. The SMILES string of the molecule is Cc1ccc(CNC(=O)C(=O)Nc2ccc(Br)cc2F)cc1. The number of hydrogen-bond donors (Lipinski definition) is 2. The van der Waals surface area contributed by atoms with Gasteiger partial charge in [0, 0.05) is 11.0 Å². The van der Waals surface area contributed by atoms with E-state index >= 15 is 0 Å². The summed E-state index contributed by atoms with van der Waals surface area (Å²) in [6, 6.07) is 11.7. The Hall–Kier alpha value is -2.21. The largest absolute Gasteiger partial charge is 0.344 e. The highest BCUT2D eigenvalue weighted by atomic mass is 79.9. The maximum absolute atomic E-state index is 13.6. The zero-order valence-corrected chi connectivity index (χ0v) is 13.4. The molecule has 2 N–H and O–H groups in total. The monoisotopic (exact) mass is 364 g/mol. The van der Waals surface area contributed by atoms with E-state index in [9.17, 15) is 14.0 Å². The van der Waals surface area contributed by atoms with Gasteiger partial charge in [-0.15, -0.1) is 0 Å². The van der Waals surface area contributed by atoms with Crippen molar-refractivity contribution in [1.82, 2.24) is 5.32 Å². The lowest BCUT2D eigenvalue weighted by Gasteiger charge is -2.08. The Labute approximate surface area is 135 Å². The standard InChI is InChI=1S/C16H14BrFN2O2/c1-10-2-4-11(5-3-10)9-19-15(21)16(22)20-14-7-6-12(17)8-13(14)18/h2-8H,9H2,1H3,(H,19,21)(H,20,22). The normalized spacial score (nSPS) is 10.1. The van der Waals surface area contributed by atoms with Crippen LogP contribution in [0.4, 0.5) is 10.1 Å². The Bertz CT molecular complexity index is 702. The van der Waals surface area contributed by atoms with E-state index in [1.165, 1.54) is 12.1 Å². The number of benzene rings is 2. The van der Waals surface area contributed by atoms with Gasteiger partial charge < -0.3 is 10.6 Å². The molecule has 2 amide bonds. The van der Waals surface area contributed by atoms with Crippen LogP contribution in [0.15, 0.2) is 46.9 Å². The fourth-order valence-corrected chi connectivity index (χ4v) is 2.07. The van der Waals surface area contributed by atoms with Gasteiger partial charge in [0.15, 0.2) is 0 Å². The number of hydrogen-bond acceptors (Lipinski definition) is 2. The van der Waals surface area contributed by atoms with Gasteiger partial charge >= 0.3 is 11.8 Å². The van der Waals surface area contributed by atoms with E-state index in [0.29, 0.717) is 4.47 Å². The number of anilines is 1. The molecule has 0 aromatic heterocycles. The Balaban J connectivity index is 1.92. The molecular weight excluding hydrogens is 351 g/mol. The van der Waals surface area contributed by atoms with E-state index in [-0.39, 0.29) is 12.2 Å². The Morgan fingerprint density at radius 1 is 1.09 bits per heavy atom. The maximum Gasteiger partial charge on any atom is 0.313 e. The second-order valence-electron chi connectivity index (χ2n) is 4.75. The van der Waals surface area contributed by atoms with Crippen molar-refractivity contribution < 1.29 is 14.0 Å². The summed E-state index contributed by atoms with van der Waals surface area (Å²) in [5.74, 6) is -2.34. The van der Waals surface area contributed by atoms with Gasteiger partial charge in [0.2, 0.25) is 0 Å². The third kappa shape index (κ3) is 4.39. The molecule has 4 nitrogen and oxygen atoms in total. The summed E-state index contributed by atoms with van der Waals surface area (Å²) in [5.41, 5.74) is 1.94. The van der Waals surface area contributed by atoms with Crippen molar-refractivity contribution >= 4 is 33.4 Å². The number of rotatable bonds is 3. The highest BCUT2D eigenvalue weighted by molar-refractivity contribution is 9.10. The molecule has 0 saturated carbocycles. The number of nitrogens with one attached hydrogen (secondary N) is 2. The molecule has 0 aliphatic heterocycles. The number of carbonyl (C=O) groups excluding carboxylic acids is 2. The summed E-state index contributed by atoms with van der Waals surface area (Å²) < 4.78 is 14.1. The molecule has 2 aromatic carbocycles. The summed E-state index contributed by atoms with van der Waals surface area (Å²) in [4.78, 5) is 23.4. The molecule has 0 aliphatic carbocycles. The lowest BCUT2D eigenvalue weighted by atomic mass is 10.1. The van der Waals surface area contributed by atoms with Gasteiger partial charge in [0.05, 0.1) is 5.69 Å². The van der Waals surface area contributed by atoms with Gasteiger partial charge in [-0.2, -0.15) is 0 Å². The van der Waals surface area contributed by atoms with Gasteiger partial charge in [0.25, 0.3) is 0 Å². The topological polar surface area (TPSA) is 58.2 Å². The fraction of sp³-hybridized carbons (Fsp3) is 0.125. The number of aryl methyl sites for hydroxylation is 1. The summed E-state index contributed by atoms with van der Waals surface area (Å²) in [7, 11) is 0. The van der Waals surface area contributed by atoms with E-state index < -0.39 is 17.6 Å². The van der Waals surface area contributed by atoms with Gasteiger partial charge in [-0.05, 0) is 30.7 Å². The van der Waals surface area contributed by atoms with E-state index in [0.717, 1.165) is 11.1 Å². The van der Waals surface area contributed by atoms with Crippen LogP contribution >= 0.6 is 15.9 Å². The molecule has 2 aromatic rings. The minimum absolute atomic E-state index is 0.0429. The predicted molar refractivity (Wildman–Crippen MR) is 85.8 cm³/mol. The van der Waals surface area contributed by atoms with Crippen LogP contribution < -0.4 is 10.6 Å². The van der Waals surface area contributed by atoms with E-state index in [2.05, 4.69) is 26.6 Å². The van der Waals surface area contributed by atoms with Gasteiger partial charge in [-0.1, -0.05) is 45.8 Å². The van der Waals surface area contributed by atoms with Gasteiger partial charge in [-0.25, -0.2) is 4.39 Å². The molecule has 0 unspecified atom stereocenters. The van der Waals surface area contributed by atoms with E-state index in [1.54, 1.807) is 6.07 Å². The molecular formula is C16H14BrFN2O2. The molecule has 0 saturated heterocycles. The van der Waals surface area contributed by atoms with Crippen LogP contribution in [-0.2, 0) is 16.1 Å². The van der Waals surface area contributed by atoms with Crippen LogP contribution in [0.3, 0.4) is 0 Å². The average Bonchev–Trinajstić information content (AvgIpc) is 2.49. The first-order valence-electron chi connectivity index (χ1n) is 6.55. The second-order valence-corrected chi connectivity index (χ2v) is 5.66. The molecule has 2 rings (SSSR count). The van der Waals surface area contributed by atoms with Crippen LogP contribution in [0.25, 0.3) is 0 Å². The molecule has 0 bridgehead atoms. The third-order valence-electron chi connectivity index (χ3n) is 2.96. The first-order valence-corrected chi connectivity index (χ1v) is 7.35. The minimum atomic E-state index is -0.909. The van der Waals surface area contributed by atoms with Crippen LogP contribution in [0, 0.1) is 12.7 Å². The lowest BCUT2D eigenvalue weighted by Crippen LogP contribution is -2.35. The van der Waals surface area contributed by atoms with Crippen molar-refractivity contribution in [2.75, 3.05) is 5.32 Å². The summed E-state index contributed by atoms with van der Waals surface area (Å²) in [6.07, 6.45) is 0. The molecule has 0 radical (unpaired) electrons. The van der Waals surface area contributed by atoms with Crippen molar-refractivity contribution in [3.63, 3.8) is 0 Å². The highest BCUT2D eigenvalue weighted by Gasteiger charge is 2.15. The molecule has 6 heteroatoms. The van der Waals surface area contributed by atoms with Crippen molar-refractivity contribution in [1.29, 1.82) is 0 Å². The molecule has 22 heavy (non-hydrogen) atoms. The highest BCUT2D eigenvalue weighted by Crippen LogP contribution is 2.19. The second kappa shape index (κ2) is 7.17. The smallest absolute Gasteiger partial charge is 0.313 e. The molecule has 0 spiro atoms. The van der Waals surface area contributed by atoms with Gasteiger partial charge in [-0.3, -0.25) is 9.59 Å². The predicted octanol–water partition coefficient (Wildman–Crippen LogP) is 3.15. The molecule has 114 valence electrons. The van der Waals surface area contributed by atoms with Crippen LogP contribution in [0.1, 0.15) is 11.1 Å². The lowest BCUT2D eigenvalue weighted by molar-refractivity contribution is -0.136. The summed E-state index contributed by atoms with van der Waals surface area (Å²) in [5, 5.41) is 4.72. The van der Waals surface area contributed by atoms with E-state index in [4.69, 9.17) is 0 Å². The maximum atomic E-state index is 13.6. The zero-order valence-electron chi connectivity index (χ0n) is 11.8. The molecule has 0 heterocycles. The van der Waals surface area contributed by atoms with E-state index in [1.807, 2.05) is 31.2 Å². The molecule has 0 aliphatic rings. The summed E-state index contributed by atoms with van der Waals surface area (Å²) >= 11 is 3.12. The Kier molecular flexibility index (Phi) is 5.27. The third-order valence-corrected chi connectivity index (χ3v) is 3.45. The summed E-state index contributed by atoms with van der Waals surface area (Å²) in [6.45, 7) is 2.19. The van der Waals surface area contributed by atoms with Crippen molar-refractivity contribution in [3.8, 4) is 0 Å². The van der Waals surface area contributed by atoms with Crippen LogP contribution in [-0.4, -0.2) is 11.8 Å². The Morgan fingerprint density at radius 2 is 1.77 bits per heavy atom. The first-order chi connectivity index (χ1) is 10.5. The number of amides is 2.